The largest absolute Gasteiger partial charge is 0.497 e. The molecule has 0 fully saturated rings. The number of methoxy groups -OCH3 is 1. The van der Waals surface area contributed by atoms with Crippen molar-refractivity contribution in [1.82, 2.24) is 0 Å². The van der Waals surface area contributed by atoms with Gasteiger partial charge in [0.1, 0.15) is 23.8 Å². The molecule has 10 nitrogen and oxygen atoms in total. The minimum absolute atomic E-state index is 0.0554. The number of carbonyl (C=O) groups is 2. The average Bonchev–Trinajstić information content (AvgIpc) is 3.53. The fourth-order valence-corrected chi connectivity index (χ4v) is 4.83. The quantitative estimate of drug-likeness (QED) is 0.518. The molecule has 0 aliphatic carbocycles. The number of fused-ring (bicyclic) bond motifs is 3. The topological polar surface area (TPSA) is 134 Å². The monoisotopic (exact) mass is 518 g/mol. The van der Waals surface area contributed by atoms with Crippen LogP contribution in [0.5, 0.6) is 23.0 Å². The van der Waals surface area contributed by atoms with Gasteiger partial charge in [0, 0.05) is 16.8 Å². The highest BCUT2D eigenvalue weighted by molar-refractivity contribution is 6.34. The number of azo groups is 1. The van der Waals surface area contributed by atoms with Gasteiger partial charge in [-0.1, -0.05) is 17.7 Å². The molecule has 37 heavy (non-hydrogen) atoms. The number of nitrogens with one attached hydrogen (secondary N) is 1. The average molecular weight is 519 g/mol. The van der Waals surface area contributed by atoms with E-state index in [0.717, 1.165) is 0 Å². The number of carbonyl (C=O) groups excluding carboxylic acids is 2. The summed E-state index contributed by atoms with van der Waals surface area (Å²) in [5.41, 5.74) is 7.09. The van der Waals surface area contributed by atoms with Gasteiger partial charge in [0.25, 0.3) is 11.8 Å². The van der Waals surface area contributed by atoms with Crippen molar-refractivity contribution < 1.29 is 28.5 Å². The van der Waals surface area contributed by atoms with Crippen molar-refractivity contribution in [3.8, 4) is 23.0 Å². The van der Waals surface area contributed by atoms with Crippen LogP contribution in [0, 0.1) is 0 Å². The van der Waals surface area contributed by atoms with Crippen LogP contribution in [-0.4, -0.2) is 32.3 Å². The molecule has 3 N–H and O–H groups in total. The van der Waals surface area contributed by atoms with Crippen LogP contribution in [-0.2, 0) is 10.3 Å². The highest BCUT2D eigenvalue weighted by Crippen LogP contribution is 2.50. The van der Waals surface area contributed by atoms with E-state index in [-0.39, 0.29) is 24.0 Å². The van der Waals surface area contributed by atoms with Gasteiger partial charge in [-0.2, -0.15) is 10.2 Å². The molecule has 0 saturated heterocycles. The van der Waals surface area contributed by atoms with Crippen molar-refractivity contribution in [2.24, 2.45) is 16.0 Å². The number of nitrogens with zero attached hydrogens (tertiary/aromatic N) is 2. The zero-order valence-corrected chi connectivity index (χ0v) is 20.2. The van der Waals surface area contributed by atoms with Crippen molar-refractivity contribution >= 4 is 34.8 Å². The van der Waals surface area contributed by atoms with E-state index in [2.05, 4.69) is 15.5 Å². The van der Waals surface area contributed by atoms with Crippen molar-refractivity contribution in [1.29, 1.82) is 0 Å². The van der Waals surface area contributed by atoms with E-state index in [1.807, 2.05) is 0 Å². The molecule has 186 valence electrons. The predicted octanol–water partition coefficient (Wildman–Crippen LogP) is 4.28. The van der Waals surface area contributed by atoms with E-state index >= 15 is 0 Å². The molecule has 3 aliphatic rings. The first-order valence-corrected chi connectivity index (χ1v) is 11.6. The van der Waals surface area contributed by atoms with Crippen LogP contribution >= 0.6 is 11.6 Å². The summed E-state index contributed by atoms with van der Waals surface area (Å²) in [4.78, 5) is 25.8. The lowest BCUT2D eigenvalue weighted by Gasteiger charge is -2.28. The molecule has 2 amide bonds. The SMILES string of the molecule is COc1ccc(C(=O)Nc2ccc3c(c2)C2=C(CO3)C(C(N)=O)(c3ccc4c(c3)OCO4)N=N2)c(Cl)c1. The Hall–Kier alpha value is -4.57. The van der Waals surface area contributed by atoms with Gasteiger partial charge in [-0.05, 0) is 54.1 Å². The van der Waals surface area contributed by atoms with E-state index in [1.54, 1.807) is 54.6 Å². The summed E-state index contributed by atoms with van der Waals surface area (Å²) in [7, 11) is 1.52. The number of anilines is 1. The number of primary amides is 1. The molecule has 6 rings (SSSR count). The maximum Gasteiger partial charge on any atom is 0.257 e. The lowest BCUT2D eigenvalue weighted by Crippen LogP contribution is -2.42. The first-order valence-electron chi connectivity index (χ1n) is 11.2. The predicted molar refractivity (Wildman–Crippen MR) is 133 cm³/mol. The van der Waals surface area contributed by atoms with E-state index in [0.29, 0.717) is 51.1 Å². The number of ether oxygens (including phenoxy) is 4. The summed E-state index contributed by atoms with van der Waals surface area (Å²) in [5.74, 6) is 1.02. The van der Waals surface area contributed by atoms with E-state index in [4.69, 9.17) is 36.3 Å². The standard InChI is InChI=1S/C26H19ClN4O6/c1-34-15-4-5-16(19(27)10-15)24(32)29-14-3-7-20-17(9-14)23-18(11-35-20)26(25(28)33,31-30-23)13-2-6-21-22(8-13)37-12-36-21/h2-10H,11-12H2,1H3,(H2,28,33)(H,29,32). The van der Waals surface area contributed by atoms with Gasteiger partial charge in [0.05, 0.1) is 17.7 Å². The minimum atomic E-state index is -1.57. The number of rotatable bonds is 5. The molecule has 0 aromatic heterocycles. The number of halogens is 1. The van der Waals surface area contributed by atoms with Gasteiger partial charge in [0.15, 0.2) is 11.5 Å². The Morgan fingerprint density at radius 1 is 1.03 bits per heavy atom. The molecule has 1 atom stereocenters. The summed E-state index contributed by atoms with van der Waals surface area (Å²) in [6, 6.07) is 15.0. The zero-order chi connectivity index (χ0) is 25.7. The van der Waals surface area contributed by atoms with Crippen LogP contribution in [0.4, 0.5) is 5.69 Å². The number of nitrogens with two attached hydrogens (primary N) is 1. The Balaban J connectivity index is 1.37. The Labute approximate surface area is 215 Å². The molecule has 0 spiro atoms. The Morgan fingerprint density at radius 3 is 2.62 bits per heavy atom. The number of hydrogen-bond donors (Lipinski definition) is 2. The Bertz CT molecular complexity index is 1550. The summed E-state index contributed by atoms with van der Waals surface area (Å²) >= 11 is 6.26. The smallest absolute Gasteiger partial charge is 0.257 e. The second kappa shape index (κ2) is 8.52. The van der Waals surface area contributed by atoms with Crippen molar-refractivity contribution in [3.63, 3.8) is 0 Å². The molecule has 3 aromatic rings. The van der Waals surface area contributed by atoms with Crippen LogP contribution in [0.15, 0.2) is 70.4 Å². The molecular weight excluding hydrogens is 500 g/mol. The third-order valence-corrected chi connectivity index (χ3v) is 6.77. The summed E-state index contributed by atoms with van der Waals surface area (Å²) < 4.78 is 21.9. The molecule has 3 aliphatic heterocycles. The minimum Gasteiger partial charge on any atom is -0.497 e. The molecule has 11 heteroatoms. The zero-order valence-electron chi connectivity index (χ0n) is 19.4. The second-order valence-electron chi connectivity index (χ2n) is 8.47. The van der Waals surface area contributed by atoms with Gasteiger partial charge < -0.3 is 30.0 Å². The van der Waals surface area contributed by atoms with E-state index < -0.39 is 17.4 Å². The Morgan fingerprint density at radius 2 is 1.84 bits per heavy atom. The van der Waals surface area contributed by atoms with Crippen LogP contribution in [0.25, 0.3) is 5.70 Å². The molecule has 0 bridgehead atoms. The van der Waals surface area contributed by atoms with Gasteiger partial charge in [-0.15, -0.1) is 0 Å². The molecule has 0 saturated carbocycles. The molecule has 1 unspecified atom stereocenters. The summed E-state index contributed by atoms with van der Waals surface area (Å²) in [6.07, 6.45) is 0. The number of benzene rings is 3. The number of hydrogen-bond acceptors (Lipinski definition) is 8. The highest BCUT2D eigenvalue weighted by Gasteiger charge is 2.50. The van der Waals surface area contributed by atoms with Gasteiger partial charge in [0.2, 0.25) is 12.3 Å². The normalized spacial score (nSPS) is 18.6. The van der Waals surface area contributed by atoms with Crippen LogP contribution in [0.3, 0.4) is 0 Å². The van der Waals surface area contributed by atoms with E-state index in [9.17, 15) is 9.59 Å². The number of amides is 2. The molecule has 3 aromatic carbocycles. The molecular formula is C26H19ClN4O6. The van der Waals surface area contributed by atoms with E-state index in [1.165, 1.54) is 7.11 Å². The highest BCUT2D eigenvalue weighted by atomic mass is 35.5. The third kappa shape index (κ3) is 3.56. The Kier molecular flexibility index (Phi) is 5.27. The fourth-order valence-electron chi connectivity index (χ4n) is 4.57. The van der Waals surface area contributed by atoms with Crippen LogP contribution in [0.2, 0.25) is 5.02 Å². The summed E-state index contributed by atoms with van der Waals surface area (Å²) in [5, 5.41) is 11.8. The lowest BCUT2D eigenvalue weighted by molar-refractivity contribution is -0.122. The summed E-state index contributed by atoms with van der Waals surface area (Å²) in [6.45, 7) is 0.143. The fraction of sp³-hybridized carbons (Fsp3) is 0.154. The van der Waals surface area contributed by atoms with Crippen molar-refractivity contribution in [2.45, 2.75) is 5.54 Å². The van der Waals surface area contributed by atoms with Crippen LogP contribution < -0.4 is 30.0 Å². The first kappa shape index (κ1) is 22.9. The maximum atomic E-state index is 12.9. The molecule has 3 heterocycles. The third-order valence-electron chi connectivity index (χ3n) is 6.45. The molecule has 0 radical (unpaired) electrons. The van der Waals surface area contributed by atoms with Gasteiger partial charge >= 0.3 is 0 Å². The first-order chi connectivity index (χ1) is 17.9. The van der Waals surface area contributed by atoms with Crippen molar-refractivity contribution in [2.75, 3.05) is 25.8 Å². The lowest BCUT2D eigenvalue weighted by atomic mass is 9.80. The second-order valence-corrected chi connectivity index (χ2v) is 8.88. The van der Waals surface area contributed by atoms with Gasteiger partial charge in [-0.25, -0.2) is 0 Å². The maximum absolute atomic E-state index is 12.9. The van der Waals surface area contributed by atoms with Crippen molar-refractivity contribution in [3.05, 3.63) is 81.9 Å². The van der Waals surface area contributed by atoms with Gasteiger partial charge in [-0.3, -0.25) is 9.59 Å². The van der Waals surface area contributed by atoms with Crippen LogP contribution in [0.1, 0.15) is 21.5 Å².